The van der Waals surface area contributed by atoms with Crippen molar-refractivity contribution in [2.75, 3.05) is 0 Å². The van der Waals surface area contributed by atoms with Gasteiger partial charge in [-0.25, -0.2) is 4.79 Å². The number of rotatable bonds is 3. The first kappa shape index (κ1) is 15.3. The highest BCUT2D eigenvalue weighted by atomic mass is 35.5. The van der Waals surface area contributed by atoms with Gasteiger partial charge < -0.3 is 4.90 Å². The summed E-state index contributed by atoms with van der Waals surface area (Å²) in [6, 6.07) is 14.7. The average Bonchev–Trinajstić information content (AvgIpc) is 2.77. The Morgan fingerprint density at radius 3 is 2.55 bits per heavy atom. The van der Waals surface area contributed by atoms with Crippen LogP contribution in [0.2, 0.25) is 10.0 Å². The Balaban J connectivity index is 1.94. The molecule has 1 saturated heterocycles. The molecule has 2 amide bonds. The number of hydrogen-bond acceptors (Lipinski definition) is 2. The fourth-order valence-corrected chi connectivity index (χ4v) is 3.93. The lowest BCUT2D eigenvalue weighted by Gasteiger charge is -2.23. The summed E-state index contributed by atoms with van der Waals surface area (Å²) < 4.78 is 10.8. The van der Waals surface area contributed by atoms with Crippen LogP contribution in [0.25, 0.3) is 0 Å². The molecule has 1 heterocycles. The predicted molar refractivity (Wildman–Crippen MR) is 89.8 cm³/mol. The van der Waals surface area contributed by atoms with Crippen LogP contribution in [0.3, 0.4) is 0 Å². The van der Waals surface area contributed by atoms with Crippen molar-refractivity contribution in [3.63, 3.8) is 0 Å². The molecule has 2 aromatic carbocycles. The van der Waals surface area contributed by atoms with E-state index in [1.165, 1.54) is 0 Å². The molecule has 7 heteroatoms. The number of benzene rings is 2. The summed E-state index contributed by atoms with van der Waals surface area (Å²) in [6.45, 7) is 0.444. The van der Waals surface area contributed by atoms with Crippen molar-refractivity contribution in [1.82, 2.24) is 9.62 Å². The van der Waals surface area contributed by atoms with Gasteiger partial charge in [0.15, 0.2) is 0 Å². The van der Waals surface area contributed by atoms with E-state index >= 15 is 0 Å². The van der Waals surface area contributed by atoms with Crippen molar-refractivity contribution in [3.8, 4) is 0 Å². The van der Waals surface area contributed by atoms with Crippen LogP contribution in [0.15, 0.2) is 48.5 Å². The third-order valence-corrected chi connectivity index (χ3v) is 5.50. The van der Waals surface area contributed by atoms with Gasteiger partial charge in [0.25, 0.3) is 0 Å². The number of urea groups is 1. The summed E-state index contributed by atoms with van der Waals surface area (Å²) in [5.74, 6) is 0. The number of carbonyl (C=O) groups is 1. The number of nitrogens with one attached hydrogen (secondary N) is 2. The van der Waals surface area contributed by atoms with E-state index in [4.69, 9.17) is 28.0 Å². The van der Waals surface area contributed by atoms with Crippen molar-refractivity contribution >= 4 is 40.1 Å². The minimum atomic E-state index is -1.04. The molecular formula is C15H13Cl2N3OS. The van der Waals surface area contributed by atoms with E-state index in [0.29, 0.717) is 16.6 Å². The van der Waals surface area contributed by atoms with Crippen LogP contribution in [0.5, 0.6) is 0 Å². The molecule has 114 valence electrons. The third-order valence-electron chi connectivity index (χ3n) is 3.39. The van der Waals surface area contributed by atoms with Gasteiger partial charge in [-0.05, 0) is 23.3 Å². The van der Waals surface area contributed by atoms with Gasteiger partial charge in [0.1, 0.15) is 5.37 Å². The molecule has 2 N–H and O–H groups in total. The molecule has 1 aliphatic heterocycles. The summed E-state index contributed by atoms with van der Waals surface area (Å²) in [6.07, 6.45) is 0. The SMILES string of the molecule is N=S1NC(=O)N(Cc2ccccc2)C1c1ccc(Cl)c(Cl)c1. The summed E-state index contributed by atoms with van der Waals surface area (Å²) in [4.78, 5) is 13.8. The van der Waals surface area contributed by atoms with Crippen LogP contribution < -0.4 is 4.72 Å². The summed E-state index contributed by atoms with van der Waals surface area (Å²) in [5, 5.41) is 0.514. The first-order valence-corrected chi connectivity index (χ1v) is 8.61. The third kappa shape index (κ3) is 2.97. The van der Waals surface area contributed by atoms with Gasteiger partial charge in [-0.15, -0.1) is 0 Å². The first-order chi connectivity index (χ1) is 10.6. The van der Waals surface area contributed by atoms with Gasteiger partial charge in [-0.2, -0.15) is 0 Å². The Hall–Kier alpha value is -1.56. The summed E-state index contributed by atoms with van der Waals surface area (Å²) in [5.41, 5.74) is 1.82. The second kappa shape index (κ2) is 6.28. The molecule has 4 nitrogen and oxygen atoms in total. The quantitative estimate of drug-likeness (QED) is 0.837. The van der Waals surface area contributed by atoms with Crippen molar-refractivity contribution in [2.24, 2.45) is 0 Å². The van der Waals surface area contributed by atoms with Gasteiger partial charge in [-0.3, -0.25) is 9.50 Å². The van der Waals surface area contributed by atoms with Crippen molar-refractivity contribution in [3.05, 3.63) is 69.7 Å². The van der Waals surface area contributed by atoms with Gasteiger partial charge in [0.05, 0.1) is 10.0 Å². The maximum Gasteiger partial charge on any atom is 0.329 e. The van der Waals surface area contributed by atoms with Crippen LogP contribution >= 0.6 is 23.2 Å². The van der Waals surface area contributed by atoms with Crippen LogP contribution in [0.4, 0.5) is 4.79 Å². The van der Waals surface area contributed by atoms with E-state index in [9.17, 15) is 4.79 Å². The average molecular weight is 354 g/mol. The van der Waals surface area contributed by atoms with E-state index in [0.717, 1.165) is 11.1 Å². The van der Waals surface area contributed by atoms with Gasteiger partial charge in [-0.1, -0.05) is 59.6 Å². The molecule has 0 saturated carbocycles. The van der Waals surface area contributed by atoms with Crippen molar-refractivity contribution in [1.29, 1.82) is 4.78 Å². The molecular weight excluding hydrogens is 341 g/mol. The fourth-order valence-electron chi connectivity index (χ4n) is 2.36. The minimum absolute atomic E-state index is 0.238. The van der Waals surface area contributed by atoms with E-state index in [1.54, 1.807) is 17.0 Å². The fraction of sp³-hybridized carbons (Fsp3) is 0.133. The lowest BCUT2D eigenvalue weighted by molar-refractivity contribution is 0.203. The molecule has 1 aliphatic rings. The number of halogens is 2. The predicted octanol–water partition coefficient (Wildman–Crippen LogP) is 4.51. The van der Waals surface area contributed by atoms with E-state index in [1.807, 2.05) is 36.4 Å². The topological polar surface area (TPSA) is 56.2 Å². The summed E-state index contributed by atoms with van der Waals surface area (Å²) in [7, 11) is -1.04. The normalized spacial score (nSPS) is 21.0. The smallest absolute Gasteiger partial charge is 0.301 e. The van der Waals surface area contributed by atoms with E-state index < -0.39 is 10.9 Å². The Labute approximate surface area is 141 Å². The van der Waals surface area contributed by atoms with Gasteiger partial charge in [0.2, 0.25) is 0 Å². The molecule has 22 heavy (non-hydrogen) atoms. The standard InChI is InChI=1S/C15H13Cl2N3OS/c16-12-7-6-11(8-13(12)17)14-20(15(21)19-22(14)18)9-10-4-2-1-3-5-10/h1-8,14H,9H2,(H2,18,19,21). The van der Waals surface area contributed by atoms with E-state index in [-0.39, 0.29) is 11.4 Å². The Kier molecular flexibility index (Phi) is 4.38. The van der Waals surface area contributed by atoms with Crippen LogP contribution in [-0.2, 0) is 17.4 Å². The highest BCUT2D eigenvalue weighted by Gasteiger charge is 2.36. The molecule has 2 unspecified atom stereocenters. The Bertz CT molecular complexity index is 739. The van der Waals surface area contributed by atoms with E-state index in [2.05, 4.69) is 4.72 Å². The van der Waals surface area contributed by atoms with Crippen LogP contribution in [-0.4, -0.2) is 10.9 Å². The lowest BCUT2D eigenvalue weighted by atomic mass is 10.1. The summed E-state index contributed by atoms with van der Waals surface area (Å²) >= 11 is 12.0. The molecule has 3 rings (SSSR count). The Morgan fingerprint density at radius 1 is 1.14 bits per heavy atom. The molecule has 0 radical (unpaired) electrons. The molecule has 0 spiro atoms. The maximum absolute atomic E-state index is 12.2. The Morgan fingerprint density at radius 2 is 1.86 bits per heavy atom. The van der Waals surface area contributed by atoms with Gasteiger partial charge in [0, 0.05) is 17.4 Å². The molecule has 0 aromatic heterocycles. The van der Waals surface area contributed by atoms with Crippen LogP contribution in [0.1, 0.15) is 16.5 Å². The monoisotopic (exact) mass is 353 g/mol. The zero-order valence-electron chi connectivity index (χ0n) is 11.4. The zero-order valence-corrected chi connectivity index (χ0v) is 13.8. The zero-order chi connectivity index (χ0) is 15.7. The molecule has 0 bridgehead atoms. The number of hydrogen-bond donors (Lipinski definition) is 2. The number of nitrogens with zero attached hydrogens (tertiary/aromatic N) is 1. The first-order valence-electron chi connectivity index (χ1n) is 6.57. The molecule has 2 atom stereocenters. The molecule has 2 aromatic rings. The second-order valence-electron chi connectivity index (χ2n) is 4.88. The maximum atomic E-state index is 12.2. The van der Waals surface area contributed by atoms with Crippen molar-refractivity contribution < 1.29 is 4.79 Å². The molecule has 0 aliphatic carbocycles. The van der Waals surface area contributed by atoms with Crippen molar-refractivity contribution in [2.45, 2.75) is 11.9 Å². The van der Waals surface area contributed by atoms with Crippen LogP contribution in [0, 0.1) is 4.78 Å². The minimum Gasteiger partial charge on any atom is -0.301 e. The number of carbonyl (C=O) groups excluding carboxylic acids is 1. The number of amides is 2. The lowest BCUT2D eigenvalue weighted by Crippen LogP contribution is -2.29. The second-order valence-corrected chi connectivity index (χ2v) is 7.02. The highest BCUT2D eigenvalue weighted by Crippen LogP contribution is 2.33. The highest BCUT2D eigenvalue weighted by molar-refractivity contribution is 7.85. The van der Waals surface area contributed by atoms with Gasteiger partial charge >= 0.3 is 6.03 Å². The largest absolute Gasteiger partial charge is 0.329 e. The molecule has 1 fully saturated rings.